The van der Waals surface area contributed by atoms with Crippen molar-refractivity contribution in [1.29, 1.82) is 0 Å². The van der Waals surface area contributed by atoms with Crippen LogP contribution < -0.4 is 5.32 Å². The van der Waals surface area contributed by atoms with E-state index in [4.69, 9.17) is 0 Å². The Kier molecular flexibility index (Phi) is 6.26. The van der Waals surface area contributed by atoms with Gasteiger partial charge in [0.2, 0.25) is 0 Å². The number of benzene rings is 2. The van der Waals surface area contributed by atoms with Gasteiger partial charge in [-0.05, 0) is 30.2 Å². The molecule has 0 saturated heterocycles. The molecule has 2 aromatic carbocycles. The molecular formula is C19H21ClN2. The molecule has 3 rings (SSSR count). The van der Waals surface area contributed by atoms with Gasteiger partial charge < -0.3 is 10.3 Å². The fourth-order valence-corrected chi connectivity index (χ4v) is 2.51. The van der Waals surface area contributed by atoms with Gasteiger partial charge in [-0.1, -0.05) is 60.7 Å². The van der Waals surface area contributed by atoms with Gasteiger partial charge in [0, 0.05) is 23.6 Å². The molecule has 0 radical (unpaired) electrons. The van der Waals surface area contributed by atoms with Gasteiger partial charge in [0.25, 0.3) is 0 Å². The quantitative estimate of drug-likeness (QED) is 0.647. The minimum Gasteiger partial charge on any atom is -0.361 e. The second kappa shape index (κ2) is 8.42. The van der Waals surface area contributed by atoms with E-state index in [-0.39, 0.29) is 12.4 Å². The van der Waals surface area contributed by atoms with Crippen LogP contribution in [0.1, 0.15) is 11.1 Å². The first-order chi connectivity index (χ1) is 10.4. The first-order valence-electron chi connectivity index (χ1n) is 7.41. The van der Waals surface area contributed by atoms with Crippen LogP contribution in [0.25, 0.3) is 17.0 Å². The molecule has 0 atom stereocenters. The molecule has 1 heterocycles. The number of rotatable bonds is 6. The molecule has 3 heteroatoms. The van der Waals surface area contributed by atoms with Gasteiger partial charge in [-0.2, -0.15) is 0 Å². The van der Waals surface area contributed by atoms with Crippen molar-refractivity contribution in [3.05, 3.63) is 78.0 Å². The number of aromatic amines is 1. The Morgan fingerprint density at radius 1 is 0.955 bits per heavy atom. The van der Waals surface area contributed by atoms with E-state index >= 15 is 0 Å². The molecule has 0 saturated carbocycles. The fourth-order valence-electron chi connectivity index (χ4n) is 2.51. The molecule has 3 aromatic rings. The highest BCUT2D eigenvalue weighted by Gasteiger charge is 2.01. The smallest absolute Gasteiger partial charge is 0.0456 e. The van der Waals surface area contributed by atoms with Crippen molar-refractivity contribution in [2.45, 2.75) is 6.42 Å². The standard InChI is InChI=1S/C19H20N2.ClH/c1-2-7-16(8-3-1)9-6-13-20-14-12-17-15-21-19-11-5-4-10-18(17)19;/h1-11,15,20-21H,12-14H2;1H/b9-6+;. The molecule has 2 nitrogen and oxygen atoms in total. The molecular weight excluding hydrogens is 292 g/mol. The predicted octanol–water partition coefficient (Wildman–Crippen LogP) is 4.44. The van der Waals surface area contributed by atoms with Crippen molar-refractivity contribution < 1.29 is 0 Å². The third kappa shape index (κ3) is 4.23. The van der Waals surface area contributed by atoms with Gasteiger partial charge in [0.15, 0.2) is 0 Å². The third-order valence-electron chi connectivity index (χ3n) is 3.62. The van der Waals surface area contributed by atoms with E-state index in [1.807, 2.05) is 6.07 Å². The molecule has 0 aliphatic rings. The van der Waals surface area contributed by atoms with Gasteiger partial charge in [0.05, 0.1) is 0 Å². The maximum Gasteiger partial charge on any atom is 0.0456 e. The van der Waals surface area contributed by atoms with Gasteiger partial charge >= 0.3 is 0 Å². The first-order valence-corrected chi connectivity index (χ1v) is 7.41. The maximum absolute atomic E-state index is 3.46. The Balaban J connectivity index is 0.00000176. The summed E-state index contributed by atoms with van der Waals surface area (Å²) in [7, 11) is 0. The number of H-pyrrole nitrogens is 1. The molecule has 22 heavy (non-hydrogen) atoms. The summed E-state index contributed by atoms with van der Waals surface area (Å²) in [6, 6.07) is 18.8. The lowest BCUT2D eigenvalue weighted by molar-refractivity contribution is 0.748. The zero-order valence-corrected chi connectivity index (χ0v) is 13.3. The van der Waals surface area contributed by atoms with Crippen molar-refractivity contribution in [3.8, 4) is 0 Å². The summed E-state index contributed by atoms with van der Waals surface area (Å²) in [6.07, 6.45) is 7.48. The third-order valence-corrected chi connectivity index (χ3v) is 3.62. The van der Waals surface area contributed by atoms with E-state index in [2.05, 4.69) is 77.2 Å². The zero-order valence-electron chi connectivity index (χ0n) is 12.5. The van der Waals surface area contributed by atoms with E-state index < -0.39 is 0 Å². The van der Waals surface area contributed by atoms with Crippen LogP contribution in [0.3, 0.4) is 0 Å². The number of hydrogen-bond donors (Lipinski definition) is 2. The lowest BCUT2D eigenvalue weighted by atomic mass is 10.1. The molecule has 0 amide bonds. The highest BCUT2D eigenvalue weighted by molar-refractivity contribution is 5.85. The summed E-state index contributed by atoms with van der Waals surface area (Å²) >= 11 is 0. The predicted molar refractivity (Wildman–Crippen MR) is 97.6 cm³/mol. The number of fused-ring (bicyclic) bond motifs is 1. The molecule has 0 aliphatic carbocycles. The summed E-state index contributed by atoms with van der Waals surface area (Å²) in [6.45, 7) is 1.89. The normalized spacial score (nSPS) is 10.9. The summed E-state index contributed by atoms with van der Waals surface area (Å²) in [5.74, 6) is 0. The van der Waals surface area contributed by atoms with E-state index in [9.17, 15) is 0 Å². The van der Waals surface area contributed by atoms with Crippen molar-refractivity contribution in [2.75, 3.05) is 13.1 Å². The number of halogens is 1. The van der Waals surface area contributed by atoms with Crippen molar-refractivity contribution >= 4 is 29.4 Å². The SMILES string of the molecule is C(=C\c1ccccc1)/CNCCc1c[nH]c2ccccc12.Cl. The first kappa shape index (κ1) is 16.3. The van der Waals surface area contributed by atoms with Crippen LogP contribution in [0.4, 0.5) is 0 Å². The Hall–Kier alpha value is -2.03. The highest BCUT2D eigenvalue weighted by Crippen LogP contribution is 2.17. The molecule has 1 aromatic heterocycles. The van der Waals surface area contributed by atoms with E-state index in [1.54, 1.807) is 0 Å². The lowest BCUT2D eigenvalue weighted by Crippen LogP contribution is -2.16. The van der Waals surface area contributed by atoms with Crippen LogP contribution in [0.2, 0.25) is 0 Å². The summed E-state index contributed by atoms with van der Waals surface area (Å²) in [4.78, 5) is 3.32. The Morgan fingerprint density at radius 2 is 1.73 bits per heavy atom. The molecule has 0 bridgehead atoms. The van der Waals surface area contributed by atoms with Gasteiger partial charge in [-0.25, -0.2) is 0 Å². The van der Waals surface area contributed by atoms with Crippen LogP contribution in [-0.4, -0.2) is 18.1 Å². The summed E-state index contributed by atoms with van der Waals surface area (Å²) in [5, 5.41) is 4.79. The number of hydrogen-bond acceptors (Lipinski definition) is 1. The molecule has 2 N–H and O–H groups in total. The van der Waals surface area contributed by atoms with E-state index in [0.29, 0.717) is 0 Å². The monoisotopic (exact) mass is 312 g/mol. The van der Waals surface area contributed by atoms with Crippen LogP contribution in [0.15, 0.2) is 66.9 Å². The highest BCUT2D eigenvalue weighted by atomic mass is 35.5. The summed E-state index contributed by atoms with van der Waals surface area (Å²) < 4.78 is 0. The van der Waals surface area contributed by atoms with Gasteiger partial charge in [-0.3, -0.25) is 0 Å². The molecule has 0 aliphatic heterocycles. The lowest BCUT2D eigenvalue weighted by Gasteiger charge is -2.01. The Bertz CT molecular complexity index is 716. The minimum absolute atomic E-state index is 0. The van der Waals surface area contributed by atoms with Gasteiger partial charge in [0.1, 0.15) is 0 Å². The van der Waals surface area contributed by atoms with Crippen LogP contribution in [0, 0.1) is 0 Å². The van der Waals surface area contributed by atoms with E-state index in [1.165, 1.54) is 22.0 Å². The fraction of sp³-hybridized carbons (Fsp3) is 0.158. The van der Waals surface area contributed by atoms with Crippen LogP contribution in [0.5, 0.6) is 0 Å². The molecule has 0 unspecified atom stereocenters. The number of nitrogens with one attached hydrogen (secondary N) is 2. The number of aromatic nitrogens is 1. The van der Waals surface area contributed by atoms with Crippen molar-refractivity contribution in [2.24, 2.45) is 0 Å². The van der Waals surface area contributed by atoms with Gasteiger partial charge in [-0.15, -0.1) is 12.4 Å². The Labute approximate surface area is 137 Å². The number of para-hydroxylation sites is 1. The largest absolute Gasteiger partial charge is 0.361 e. The maximum atomic E-state index is 3.46. The van der Waals surface area contributed by atoms with Crippen LogP contribution in [-0.2, 0) is 6.42 Å². The second-order valence-electron chi connectivity index (χ2n) is 5.13. The van der Waals surface area contributed by atoms with Crippen molar-refractivity contribution in [1.82, 2.24) is 10.3 Å². The average Bonchev–Trinajstić information content (AvgIpc) is 2.95. The Morgan fingerprint density at radius 3 is 2.59 bits per heavy atom. The topological polar surface area (TPSA) is 27.8 Å². The van der Waals surface area contributed by atoms with Crippen LogP contribution >= 0.6 is 12.4 Å². The van der Waals surface area contributed by atoms with Crippen molar-refractivity contribution in [3.63, 3.8) is 0 Å². The molecule has 0 fully saturated rings. The van der Waals surface area contributed by atoms with E-state index in [0.717, 1.165) is 19.5 Å². The minimum atomic E-state index is 0. The molecule has 0 spiro atoms. The zero-order chi connectivity index (χ0) is 14.3. The average molecular weight is 313 g/mol. The second-order valence-corrected chi connectivity index (χ2v) is 5.13. The molecule has 114 valence electrons. The summed E-state index contributed by atoms with van der Waals surface area (Å²) in [5.41, 5.74) is 3.84.